The van der Waals surface area contributed by atoms with E-state index in [9.17, 15) is 5.11 Å². The summed E-state index contributed by atoms with van der Waals surface area (Å²) in [4.78, 5) is 0. The van der Waals surface area contributed by atoms with E-state index in [1.807, 2.05) is 0 Å². The van der Waals surface area contributed by atoms with Crippen LogP contribution in [0.4, 0.5) is 10.8 Å². The molecule has 1 atom stereocenters. The number of anilines is 2. The molecular weight excluding hydrogens is 342 g/mol. The van der Waals surface area contributed by atoms with Crippen molar-refractivity contribution in [2.24, 2.45) is 0 Å². The van der Waals surface area contributed by atoms with Crippen LogP contribution in [0.2, 0.25) is 0 Å². The minimum atomic E-state index is -0.570. The van der Waals surface area contributed by atoms with Gasteiger partial charge in [0.25, 0.3) is 0 Å². The normalized spacial score (nSPS) is 11.9. The van der Waals surface area contributed by atoms with Crippen molar-refractivity contribution in [2.75, 3.05) is 26.6 Å². The summed E-state index contributed by atoms with van der Waals surface area (Å²) in [5, 5.41) is 22.7. The molecule has 0 aliphatic heterocycles. The molecule has 0 aliphatic rings. The highest BCUT2D eigenvalue weighted by molar-refractivity contribution is 7.15. The van der Waals surface area contributed by atoms with Gasteiger partial charge in [-0.15, -0.1) is 10.2 Å². The van der Waals surface area contributed by atoms with Crippen LogP contribution in [0, 0.1) is 0 Å². The molecule has 2 N–H and O–H groups in total. The first kappa shape index (κ1) is 19.3. The van der Waals surface area contributed by atoms with E-state index in [0.717, 1.165) is 24.9 Å². The Morgan fingerprint density at radius 2 is 1.76 bits per heavy atom. The smallest absolute Gasteiger partial charge is 0.210 e. The van der Waals surface area contributed by atoms with Crippen molar-refractivity contribution in [2.45, 2.75) is 38.7 Å². The van der Waals surface area contributed by atoms with Gasteiger partial charge in [0, 0.05) is 17.8 Å². The molecule has 25 heavy (non-hydrogen) atoms. The second kappa shape index (κ2) is 9.43. The number of aliphatic hydroxyl groups excluding tert-OH is 1. The van der Waals surface area contributed by atoms with Crippen molar-refractivity contribution in [1.82, 2.24) is 10.2 Å². The summed E-state index contributed by atoms with van der Waals surface area (Å²) in [5.41, 5.74) is 0.734. The molecule has 1 heterocycles. The average Bonchev–Trinajstić information content (AvgIpc) is 3.09. The molecule has 0 aliphatic carbocycles. The van der Waals surface area contributed by atoms with Crippen LogP contribution < -0.4 is 19.5 Å². The molecule has 0 amide bonds. The molecule has 2 aromatic rings. The maximum Gasteiger partial charge on any atom is 0.210 e. The van der Waals surface area contributed by atoms with E-state index in [-0.39, 0.29) is 0 Å². The Morgan fingerprint density at radius 1 is 1.08 bits per heavy atom. The van der Waals surface area contributed by atoms with Crippen LogP contribution in [0.25, 0.3) is 0 Å². The quantitative estimate of drug-likeness (QED) is 0.616. The molecule has 1 aromatic carbocycles. The van der Waals surface area contributed by atoms with E-state index in [2.05, 4.69) is 22.4 Å². The van der Waals surface area contributed by atoms with Crippen LogP contribution >= 0.6 is 11.3 Å². The van der Waals surface area contributed by atoms with Crippen molar-refractivity contribution in [1.29, 1.82) is 0 Å². The Hall–Kier alpha value is -2.06. The van der Waals surface area contributed by atoms with Crippen molar-refractivity contribution in [3.8, 4) is 17.2 Å². The molecule has 1 unspecified atom stereocenters. The summed E-state index contributed by atoms with van der Waals surface area (Å²) >= 11 is 1.33. The fourth-order valence-corrected chi connectivity index (χ4v) is 3.19. The Bertz CT molecular complexity index is 653. The lowest BCUT2D eigenvalue weighted by Gasteiger charge is -2.14. The van der Waals surface area contributed by atoms with Gasteiger partial charge in [-0.1, -0.05) is 37.5 Å². The third kappa shape index (κ3) is 4.96. The number of rotatable bonds is 10. The lowest BCUT2D eigenvalue weighted by molar-refractivity contribution is 0.162. The summed E-state index contributed by atoms with van der Waals surface area (Å²) in [6.45, 7) is 2.14. The molecule has 7 nitrogen and oxygen atoms in total. The molecule has 0 fully saturated rings. The Labute approximate surface area is 152 Å². The summed E-state index contributed by atoms with van der Waals surface area (Å²) in [7, 11) is 4.69. The highest BCUT2D eigenvalue weighted by atomic mass is 32.1. The monoisotopic (exact) mass is 367 g/mol. The predicted octanol–water partition coefficient (Wildman–Crippen LogP) is 3.92. The zero-order valence-corrected chi connectivity index (χ0v) is 15.9. The molecule has 0 saturated heterocycles. The van der Waals surface area contributed by atoms with Gasteiger partial charge in [0.15, 0.2) is 11.5 Å². The highest BCUT2D eigenvalue weighted by Crippen LogP contribution is 2.41. The minimum Gasteiger partial charge on any atom is -0.493 e. The Balaban J connectivity index is 2.12. The van der Waals surface area contributed by atoms with Crippen LogP contribution in [-0.2, 0) is 0 Å². The van der Waals surface area contributed by atoms with Gasteiger partial charge in [-0.2, -0.15) is 0 Å². The van der Waals surface area contributed by atoms with Crippen LogP contribution in [0.15, 0.2) is 12.1 Å². The zero-order valence-electron chi connectivity index (χ0n) is 15.0. The van der Waals surface area contributed by atoms with Crippen LogP contribution in [0.1, 0.15) is 43.7 Å². The van der Waals surface area contributed by atoms with Gasteiger partial charge >= 0.3 is 0 Å². The van der Waals surface area contributed by atoms with E-state index >= 15 is 0 Å². The number of benzene rings is 1. The molecule has 8 heteroatoms. The Morgan fingerprint density at radius 3 is 2.32 bits per heavy atom. The molecule has 0 spiro atoms. The molecule has 0 saturated carbocycles. The van der Waals surface area contributed by atoms with Crippen molar-refractivity contribution >= 4 is 22.2 Å². The molecule has 138 valence electrons. The number of aliphatic hydroxyl groups is 1. The van der Waals surface area contributed by atoms with Crippen LogP contribution in [-0.4, -0.2) is 36.6 Å². The highest BCUT2D eigenvalue weighted by Gasteiger charge is 2.16. The summed E-state index contributed by atoms with van der Waals surface area (Å²) in [6.07, 6.45) is 3.34. The second-order valence-corrected chi connectivity index (χ2v) is 6.51. The number of nitrogens with zero attached hydrogens (tertiary/aromatic N) is 2. The zero-order chi connectivity index (χ0) is 18.2. The number of hydrogen-bond donors (Lipinski definition) is 2. The number of unbranched alkanes of at least 4 members (excludes halogenated alkanes) is 2. The van der Waals surface area contributed by atoms with Crippen molar-refractivity contribution in [3.63, 3.8) is 0 Å². The standard InChI is InChI=1S/C17H25N3O4S/c1-5-6-7-8-12(21)16-19-20-17(25-16)18-11-9-13(22-2)15(24-4)14(10-11)23-3/h9-10,12,21H,5-8H2,1-4H3,(H,18,20). The van der Waals surface area contributed by atoms with E-state index in [0.29, 0.717) is 33.8 Å². The fraction of sp³-hybridized carbons (Fsp3) is 0.529. The van der Waals surface area contributed by atoms with Crippen LogP contribution in [0.3, 0.4) is 0 Å². The summed E-state index contributed by atoms with van der Waals surface area (Å²) < 4.78 is 16.0. The molecule has 2 rings (SSSR count). The van der Waals surface area contributed by atoms with E-state index in [1.54, 1.807) is 33.5 Å². The number of methoxy groups -OCH3 is 3. The van der Waals surface area contributed by atoms with Gasteiger partial charge in [0.1, 0.15) is 11.1 Å². The lowest BCUT2D eigenvalue weighted by Crippen LogP contribution is -1.97. The first-order valence-corrected chi connectivity index (χ1v) is 9.03. The second-order valence-electron chi connectivity index (χ2n) is 5.50. The third-order valence-corrected chi connectivity index (χ3v) is 4.66. The number of ether oxygens (including phenoxy) is 3. The maximum absolute atomic E-state index is 10.2. The fourth-order valence-electron chi connectivity index (χ4n) is 2.41. The van der Waals surface area contributed by atoms with Gasteiger partial charge in [0.05, 0.1) is 21.3 Å². The summed E-state index contributed by atoms with van der Waals surface area (Å²) in [5.74, 6) is 1.63. The van der Waals surface area contributed by atoms with E-state index in [4.69, 9.17) is 14.2 Å². The molecule has 1 aromatic heterocycles. The lowest BCUT2D eigenvalue weighted by atomic mass is 10.1. The maximum atomic E-state index is 10.2. The van der Waals surface area contributed by atoms with Gasteiger partial charge in [-0.3, -0.25) is 0 Å². The largest absolute Gasteiger partial charge is 0.493 e. The topological polar surface area (TPSA) is 85.7 Å². The first-order valence-electron chi connectivity index (χ1n) is 8.21. The van der Waals surface area contributed by atoms with Gasteiger partial charge < -0.3 is 24.6 Å². The van der Waals surface area contributed by atoms with Gasteiger partial charge in [-0.25, -0.2) is 0 Å². The van der Waals surface area contributed by atoms with Crippen LogP contribution in [0.5, 0.6) is 17.2 Å². The van der Waals surface area contributed by atoms with E-state index < -0.39 is 6.10 Å². The third-order valence-electron chi connectivity index (χ3n) is 3.72. The molecule has 0 bridgehead atoms. The molecular formula is C17H25N3O4S. The summed E-state index contributed by atoms with van der Waals surface area (Å²) in [6, 6.07) is 3.58. The minimum absolute atomic E-state index is 0.528. The first-order chi connectivity index (χ1) is 12.1. The SMILES string of the molecule is CCCCCC(O)c1nnc(Nc2cc(OC)c(OC)c(OC)c2)s1. The molecule has 0 radical (unpaired) electrons. The van der Waals surface area contributed by atoms with Gasteiger partial charge in [-0.05, 0) is 6.42 Å². The van der Waals surface area contributed by atoms with Crippen molar-refractivity contribution in [3.05, 3.63) is 17.1 Å². The average molecular weight is 367 g/mol. The van der Waals surface area contributed by atoms with E-state index in [1.165, 1.54) is 11.3 Å². The van der Waals surface area contributed by atoms with Crippen molar-refractivity contribution < 1.29 is 19.3 Å². The number of aromatic nitrogens is 2. The number of nitrogens with one attached hydrogen (secondary N) is 1. The Kier molecular flexibility index (Phi) is 7.27. The number of hydrogen-bond acceptors (Lipinski definition) is 8. The van der Waals surface area contributed by atoms with Gasteiger partial charge in [0.2, 0.25) is 10.9 Å². The predicted molar refractivity (Wildman–Crippen MR) is 98.4 cm³/mol.